The molecule has 1 aromatic rings. The fourth-order valence-corrected chi connectivity index (χ4v) is 2.52. The van der Waals surface area contributed by atoms with E-state index < -0.39 is 0 Å². The van der Waals surface area contributed by atoms with Gasteiger partial charge in [-0.2, -0.15) is 0 Å². The Labute approximate surface area is 127 Å². The normalized spacial score (nSPS) is 23.0. The van der Waals surface area contributed by atoms with E-state index in [4.69, 9.17) is 9.47 Å². The number of piperazine rings is 1. The number of methoxy groups -OCH3 is 2. The molecule has 0 radical (unpaired) electrons. The minimum absolute atomic E-state index is 0. The van der Waals surface area contributed by atoms with Crippen molar-refractivity contribution >= 4 is 12.4 Å². The molecule has 1 N–H and O–H groups in total. The Hall–Kier alpha value is -0.970. The summed E-state index contributed by atoms with van der Waals surface area (Å²) in [7, 11) is 3.39. The SMILES string of the molecule is COc1ccc(CN2CC(C)NCC2C)c(OC)c1.Cl. The van der Waals surface area contributed by atoms with Crippen LogP contribution in [0.15, 0.2) is 18.2 Å². The van der Waals surface area contributed by atoms with Crippen molar-refractivity contribution in [1.29, 1.82) is 0 Å². The van der Waals surface area contributed by atoms with Crippen LogP contribution in [0.4, 0.5) is 0 Å². The third-order valence-electron chi connectivity index (χ3n) is 3.76. The van der Waals surface area contributed by atoms with E-state index >= 15 is 0 Å². The number of hydrogen-bond acceptors (Lipinski definition) is 4. The topological polar surface area (TPSA) is 33.7 Å². The van der Waals surface area contributed by atoms with Crippen LogP contribution in [-0.2, 0) is 6.54 Å². The Morgan fingerprint density at radius 1 is 1.25 bits per heavy atom. The second kappa shape index (κ2) is 7.72. The lowest BCUT2D eigenvalue weighted by atomic mass is 10.1. The summed E-state index contributed by atoms with van der Waals surface area (Å²) in [5.41, 5.74) is 1.21. The highest BCUT2D eigenvalue weighted by molar-refractivity contribution is 5.85. The van der Waals surface area contributed by atoms with Crippen molar-refractivity contribution in [3.05, 3.63) is 23.8 Å². The maximum absolute atomic E-state index is 5.47. The molecule has 2 atom stereocenters. The molecule has 114 valence electrons. The van der Waals surface area contributed by atoms with Crippen LogP contribution in [0.25, 0.3) is 0 Å². The smallest absolute Gasteiger partial charge is 0.127 e. The third kappa shape index (κ3) is 4.01. The molecule has 1 aliphatic rings. The van der Waals surface area contributed by atoms with Crippen LogP contribution in [0.2, 0.25) is 0 Å². The molecule has 2 unspecified atom stereocenters. The first-order chi connectivity index (χ1) is 9.13. The van der Waals surface area contributed by atoms with E-state index in [0.717, 1.165) is 31.1 Å². The molecule has 5 heteroatoms. The fourth-order valence-electron chi connectivity index (χ4n) is 2.52. The molecule has 1 heterocycles. The molecule has 0 saturated carbocycles. The molecule has 1 fully saturated rings. The Balaban J connectivity index is 0.00000200. The van der Waals surface area contributed by atoms with Gasteiger partial charge in [0.15, 0.2) is 0 Å². The Kier molecular flexibility index (Phi) is 6.59. The van der Waals surface area contributed by atoms with Gasteiger partial charge < -0.3 is 14.8 Å². The number of nitrogens with one attached hydrogen (secondary N) is 1. The number of halogens is 1. The summed E-state index contributed by atoms with van der Waals surface area (Å²) in [5, 5.41) is 3.50. The molecule has 20 heavy (non-hydrogen) atoms. The van der Waals surface area contributed by atoms with Gasteiger partial charge in [0.05, 0.1) is 14.2 Å². The lowest BCUT2D eigenvalue weighted by Gasteiger charge is -2.37. The second-order valence-electron chi connectivity index (χ2n) is 5.27. The Morgan fingerprint density at radius 3 is 2.65 bits per heavy atom. The maximum atomic E-state index is 5.47. The van der Waals surface area contributed by atoms with Crippen LogP contribution < -0.4 is 14.8 Å². The summed E-state index contributed by atoms with van der Waals surface area (Å²) in [6, 6.07) is 7.13. The zero-order valence-electron chi connectivity index (χ0n) is 12.7. The summed E-state index contributed by atoms with van der Waals surface area (Å²) in [4.78, 5) is 2.49. The van der Waals surface area contributed by atoms with E-state index in [-0.39, 0.29) is 12.4 Å². The highest BCUT2D eigenvalue weighted by atomic mass is 35.5. The molecular weight excluding hydrogens is 276 g/mol. The van der Waals surface area contributed by atoms with Crippen LogP contribution in [-0.4, -0.2) is 44.3 Å². The van der Waals surface area contributed by atoms with Crippen LogP contribution in [0.1, 0.15) is 19.4 Å². The summed E-state index contributed by atoms with van der Waals surface area (Å²) in [6.45, 7) is 7.51. The van der Waals surface area contributed by atoms with Gasteiger partial charge in [-0.15, -0.1) is 12.4 Å². The lowest BCUT2D eigenvalue weighted by Crippen LogP contribution is -2.53. The molecule has 0 aliphatic carbocycles. The van der Waals surface area contributed by atoms with Gasteiger partial charge in [-0.05, 0) is 19.9 Å². The van der Waals surface area contributed by atoms with E-state index in [1.807, 2.05) is 12.1 Å². The Morgan fingerprint density at radius 2 is 2.00 bits per heavy atom. The zero-order valence-corrected chi connectivity index (χ0v) is 13.5. The minimum Gasteiger partial charge on any atom is -0.497 e. The quantitative estimate of drug-likeness (QED) is 0.925. The van der Waals surface area contributed by atoms with Crippen molar-refractivity contribution in [2.75, 3.05) is 27.3 Å². The lowest BCUT2D eigenvalue weighted by molar-refractivity contribution is 0.137. The summed E-state index contributed by atoms with van der Waals surface area (Å²) in [5.74, 6) is 1.74. The van der Waals surface area contributed by atoms with E-state index in [1.54, 1.807) is 14.2 Å². The molecule has 1 saturated heterocycles. The number of benzene rings is 1. The predicted octanol–water partition coefficient (Wildman–Crippen LogP) is 2.31. The summed E-state index contributed by atoms with van der Waals surface area (Å²) >= 11 is 0. The van der Waals surface area contributed by atoms with Crippen molar-refractivity contribution in [2.24, 2.45) is 0 Å². The fraction of sp³-hybridized carbons (Fsp3) is 0.600. The first-order valence-electron chi connectivity index (χ1n) is 6.82. The third-order valence-corrected chi connectivity index (χ3v) is 3.76. The van der Waals surface area contributed by atoms with Crippen LogP contribution in [0.3, 0.4) is 0 Å². The minimum atomic E-state index is 0. The van der Waals surface area contributed by atoms with Gasteiger partial charge in [-0.1, -0.05) is 6.07 Å². The molecule has 2 rings (SSSR count). The molecule has 0 bridgehead atoms. The summed E-state index contributed by atoms with van der Waals surface area (Å²) in [6.07, 6.45) is 0. The largest absolute Gasteiger partial charge is 0.497 e. The highest BCUT2D eigenvalue weighted by Gasteiger charge is 2.23. The predicted molar refractivity (Wildman–Crippen MR) is 84.1 cm³/mol. The van der Waals surface area contributed by atoms with Gasteiger partial charge in [0, 0.05) is 43.3 Å². The van der Waals surface area contributed by atoms with Gasteiger partial charge in [0.2, 0.25) is 0 Å². The van der Waals surface area contributed by atoms with Gasteiger partial charge >= 0.3 is 0 Å². The average Bonchev–Trinajstić information content (AvgIpc) is 2.43. The summed E-state index contributed by atoms with van der Waals surface area (Å²) < 4.78 is 10.7. The number of ether oxygens (including phenoxy) is 2. The molecule has 1 aliphatic heterocycles. The van der Waals surface area contributed by atoms with Gasteiger partial charge in [-0.25, -0.2) is 0 Å². The number of hydrogen-bond donors (Lipinski definition) is 1. The van der Waals surface area contributed by atoms with Crippen molar-refractivity contribution in [1.82, 2.24) is 10.2 Å². The van der Waals surface area contributed by atoms with E-state index in [9.17, 15) is 0 Å². The first-order valence-corrected chi connectivity index (χ1v) is 6.82. The number of nitrogens with zero attached hydrogens (tertiary/aromatic N) is 1. The monoisotopic (exact) mass is 300 g/mol. The van der Waals surface area contributed by atoms with E-state index in [1.165, 1.54) is 5.56 Å². The molecule has 0 spiro atoms. The van der Waals surface area contributed by atoms with Crippen molar-refractivity contribution in [3.8, 4) is 11.5 Å². The Bertz CT molecular complexity index is 428. The average molecular weight is 301 g/mol. The molecule has 0 aromatic heterocycles. The molecule has 0 amide bonds. The van der Waals surface area contributed by atoms with E-state index in [2.05, 4.69) is 30.1 Å². The first kappa shape index (κ1) is 17.1. The standard InChI is InChI=1S/C15H24N2O2.ClH/c1-11-9-17(12(2)8-16-11)10-13-5-6-14(18-3)7-15(13)19-4;/h5-7,11-12,16H,8-10H2,1-4H3;1H. The van der Waals surface area contributed by atoms with Crippen molar-refractivity contribution in [2.45, 2.75) is 32.5 Å². The van der Waals surface area contributed by atoms with Gasteiger partial charge in [0.25, 0.3) is 0 Å². The highest BCUT2D eigenvalue weighted by Crippen LogP contribution is 2.26. The maximum Gasteiger partial charge on any atom is 0.127 e. The number of rotatable bonds is 4. The van der Waals surface area contributed by atoms with Crippen molar-refractivity contribution < 1.29 is 9.47 Å². The second-order valence-corrected chi connectivity index (χ2v) is 5.27. The van der Waals surface area contributed by atoms with Gasteiger partial charge in [0.1, 0.15) is 11.5 Å². The van der Waals surface area contributed by atoms with E-state index in [0.29, 0.717) is 12.1 Å². The van der Waals surface area contributed by atoms with Crippen LogP contribution in [0.5, 0.6) is 11.5 Å². The molecule has 1 aromatic carbocycles. The van der Waals surface area contributed by atoms with Crippen LogP contribution in [0, 0.1) is 0 Å². The molecular formula is C15H25ClN2O2. The van der Waals surface area contributed by atoms with Gasteiger partial charge in [-0.3, -0.25) is 4.90 Å². The zero-order chi connectivity index (χ0) is 13.8. The van der Waals surface area contributed by atoms with Crippen LogP contribution >= 0.6 is 12.4 Å². The molecule has 4 nitrogen and oxygen atoms in total. The van der Waals surface area contributed by atoms with Crippen molar-refractivity contribution in [3.63, 3.8) is 0 Å².